The van der Waals surface area contributed by atoms with E-state index in [9.17, 15) is 18.0 Å². The van der Waals surface area contributed by atoms with E-state index in [4.69, 9.17) is 5.73 Å². The van der Waals surface area contributed by atoms with Crippen LogP contribution in [0, 0.1) is 0 Å². The summed E-state index contributed by atoms with van der Waals surface area (Å²) >= 11 is 0. The van der Waals surface area contributed by atoms with Crippen LogP contribution in [-0.4, -0.2) is 62.2 Å². The number of hydrogen-bond donors (Lipinski definition) is 2. The molecule has 2 aromatic rings. The quantitative estimate of drug-likeness (QED) is 0.740. The summed E-state index contributed by atoms with van der Waals surface area (Å²) in [5.74, 6) is -0.899. The Morgan fingerprint density at radius 2 is 1.54 bits per heavy atom. The maximum Gasteiger partial charge on any atom is 0.250 e. The lowest BCUT2D eigenvalue weighted by molar-refractivity contribution is -0.117. The molecule has 2 aromatic carbocycles. The van der Waals surface area contributed by atoms with Gasteiger partial charge < -0.3 is 11.1 Å². The predicted molar refractivity (Wildman–Crippen MR) is 105 cm³/mol. The van der Waals surface area contributed by atoms with E-state index < -0.39 is 15.9 Å². The number of nitrogens with two attached hydrogens (primary N) is 1. The first-order valence-corrected chi connectivity index (χ1v) is 10.3. The molecule has 2 amide bonds. The molecular weight excluding hydrogens is 380 g/mol. The van der Waals surface area contributed by atoms with E-state index in [-0.39, 0.29) is 22.9 Å². The lowest BCUT2D eigenvalue weighted by Gasteiger charge is -2.33. The molecule has 0 bridgehead atoms. The van der Waals surface area contributed by atoms with Crippen LogP contribution in [-0.2, 0) is 14.8 Å². The van der Waals surface area contributed by atoms with Crippen molar-refractivity contribution in [1.29, 1.82) is 0 Å². The third-order valence-electron chi connectivity index (χ3n) is 4.55. The number of carbonyl (C=O) groups is 2. The molecule has 0 unspecified atom stereocenters. The molecule has 0 aliphatic carbocycles. The van der Waals surface area contributed by atoms with Crippen LogP contribution in [0.1, 0.15) is 10.4 Å². The number of nitrogens with one attached hydrogen (secondary N) is 1. The summed E-state index contributed by atoms with van der Waals surface area (Å²) in [5.41, 5.74) is 5.93. The van der Waals surface area contributed by atoms with Gasteiger partial charge in [-0.1, -0.05) is 30.3 Å². The SMILES string of the molecule is NC(=O)c1ccccc1NC(=O)CN1CCN(S(=O)(=O)c2ccccc2)CC1. The van der Waals surface area contributed by atoms with Gasteiger partial charge in [-0.15, -0.1) is 0 Å². The second-order valence-corrected chi connectivity index (χ2v) is 8.39. The fraction of sp³-hybridized carbons (Fsp3) is 0.263. The van der Waals surface area contributed by atoms with Crippen molar-refractivity contribution in [3.8, 4) is 0 Å². The maximum absolute atomic E-state index is 12.6. The molecule has 1 aliphatic rings. The summed E-state index contributed by atoms with van der Waals surface area (Å²) < 4.78 is 26.7. The lowest BCUT2D eigenvalue weighted by atomic mass is 10.1. The van der Waals surface area contributed by atoms with E-state index >= 15 is 0 Å². The molecule has 148 valence electrons. The topological polar surface area (TPSA) is 113 Å². The number of hydrogen-bond acceptors (Lipinski definition) is 5. The Morgan fingerprint density at radius 3 is 2.18 bits per heavy atom. The Morgan fingerprint density at radius 1 is 0.929 bits per heavy atom. The monoisotopic (exact) mass is 402 g/mol. The Kier molecular flexibility index (Phi) is 6.08. The molecule has 1 aliphatic heterocycles. The van der Waals surface area contributed by atoms with Crippen LogP contribution >= 0.6 is 0 Å². The molecular formula is C19H22N4O4S. The third-order valence-corrected chi connectivity index (χ3v) is 6.46. The zero-order valence-electron chi connectivity index (χ0n) is 15.2. The zero-order chi connectivity index (χ0) is 20.1. The minimum absolute atomic E-state index is 0.103. The minimum Gasteiger partial charge on any atom is -0.366 e. The van der Waals surface area contributed by atoms with Gasteiger partial charge in [0.1, 0.15) is 0 Å². The van der Waals surface area contributed by atoms with Crippen molar-refractivity contribution in [2.45, 2.75) is 4.90 Å². The molecule has 0 spiro atoms. The number of benzene rings is 2. The molecule has 3 rings (SSSR count). The van der Waals surface area contributed by atoms with Gasteiger partial charge in [-0.3, -0.25) is 14.5 Å². The molecule has 0 aromatic heterocycles. The number of sulfonamides is 1. The van der Waals surface area contributed by atoms with E-state index in [1.807, 2.05) is 4.90 Å². The zero-order valence-corrected chi connectivity index (χ0v) is 16.1. The Bertz CT molecular complexity index is 955. The van der Waals surface area contributed by atoms with Crippen LogP contribution in [0.25, 0.3) is 0 Å². The van der Waals surface area contributed by atoms with Crippen LogP contribution in [0.3, 0.4) is 0 Å². The highest BCUT2D eigenvalue weighted by Crippen LogP contribution is 2.18. The first-order valence-electron chi connectivity index (χ1n) is 8.84. The third kappa shape index (κ3) is 4.56. The van der Waals surface area contributed by atoms with Crippen molar-refractivity contribution in [2.24, 2.45) is 5.73 Å². The first-order chi connectivity index (χ1) is 13.4. The summed E-state index contributed by atoms with van der Waals surface area (Å²) in [5, 5.41) is 2.69. The Labute approximate surface area is 164 Å². The summed E-state index contributed by atoms with van der Waals surface area (Å²) in [6.07, 6.45) is 0. The predicted octanol–water partition coefficient (Wildman–Crippen LogP) is 0.731. The lowest BCUT2D eigenvalue weighted by Crippen LogP contribution is -2.50. The smallest absolute Gasteiger partial charge is 0.250 e. The number of piperazine rings is 1. The average Bonchev–Trinajstić information content (AvgIpc) is 2.69. The standard InChI is InChI=1S/C19H22N4O4S/c20-19(25)16-8-4-5-9-17(16)21-18(24)14-22-10-12-23(13-11-22)28(26,27)15-6-2-1-3-7-15/h1-9H,10-14H2,(H2,20,25)(H,21,24). The Hall–Kier alpha value is -2.75. The van der Waals surface area contributed by atoms with Crippen molar-refractivity contribution in [2.75, 3.05) is 38.0 Å². The van der Waals surface area contributed by atoms with Crippen molar-refractivity contribution in [3.05, 3.63) is 60.2 Å². The normalized spacial score (nSPS) is 15.9. The summed E-state index contributed by atoms with van der Waals surface area (Å²) in [4.78, 5) is 25.9. The van der Waals surface area contributed by atoms with Crippen LogP contribution in [0.5, 0.6) is 0 Å². The van der Waals surface area contributed by atoms with Gasteiger partial charge in [0.25, 0.3) is 5.91 Å². The molecule has 9 heteroatoms. The van der Waals surface area contributed by atoms with Crippen molar-refractivity contribution >= 4 is 27.5 Å². The number of anilines is 1. The van der Waals surface area contributed by atoms with Gasteiger partial charge in [-0.2, -0.15) is 4.31 Å². The van der Waals surface area contributed by atoms with Crippen molar-refractivity contribution in [1.82, 2.24) is 9.21 Å². The van der Waals surface area contributed by atoms with Gasteiger partial charge in [-0.25, -0.2) is 8.42 Å². The molecule has 3 N–H and O–H groups in total. The fourth-order valence-electron chi connectivity index (χ4n) is 3.07. The number of primary amides is 1. The fourth-order valence-corrected chi connectivity index (χ4v) is 4.51. The number of amides is 2. The number of rotatable bonds is 6. The van der Waals surface area contributed by atoms with Crippen LogP contribution in [0.4, 0.5) is 5.69 Å². The number of nitrogens with zero attached hydrogens (tertiary/aromatic N) is 2. The van der Waals surface area contributed by atoms with Gasteiger partial charge in [0.2, 0.25) is 15.9 Å². The van der Waals surface area contributed by atoms with E-state index in [1.54, 1.807) is 54.6 Å². The molecule has 1 fully saturated rings. The van der Waals surface area contributed by atoms with Gasteiger partial charge in [0, 0.05) is 26.2 Å². The highest BCUT2D eigenvalue weighted by Gasteiger charge is 2.29. The van der Waals surface area contributed by atoms with Crippen LogP contribution in [0.2, 0.25) is 0 Å². The van der Waals surface area contributed by atoms with Crippen LogP contribution in [0.15, 0.2) is 59.5 Å². The molecule has 28 heavy (non-hydrogen) atoms. The number of carbonyl (C=O) groups excluding carboxylic acids is 2. The number of para-hydroxylation sites is 1. The molecule has 1 saturated heterocycles. The van der Waals surface area contributed by atoms with Gasteiger partial charge >= 0.3 is 0 Å². The van der Waals surface area contributed by atoms with E-state index in [0.717, 1.165) is 0 Å². The van der Waals surface area contributed by atoms with Gasteiger partial charge in [0.15, 0.2) is 0 Å². The highest BCUT2D eigenvalue weighted by atomic mass is 32.2. The molecule has 1 heterocycles. The van der Waals surface area contributed by atoms with Crippen molar-refractivity contribution < 1.29 is 18.0 Å². The maximum atomic E-state index is 12.6. The molecule has 0 atom stereocenters. The average molecular weight is 402 g/mol. The van der Waals surface area contributed by atoms with E-state index in [1.165, 1.54) is 4.31 Å². The minimum atomic E-state index is -3.52. The van der Waals surface area contributed by atoms with E-state index in [2.05, 4.69) is 5.32 Å². The van der Waals surface area contributed by atoms with Gasteiger partial charge in [0.05, 0.1) is 22.7 Å². The van der Waals surface area contributed by atoms with Crippen LogP contribution < -0.4 is 11.1 Å². The van der Waals surface area contributed by atoms with E-state index in [0.29, 0.717) is 31.9 Å². The summed E-state index contributed by atoms with van der Waals surface area (Å²) in [7, 11) is -3.52. The first kappa shape index (κ1) is 20.0. The van der Waals surface area contributed by atoms with Gasteiger partial charge in [-0.05, 0) is 24.3 Å². The largest absolute Gasteiger partial charge is 0.366 e. The Balaban J connectivity index is 1.56. The van der Waals surface area contributed by atoms with Crippen molar-refractivity contribution in [3.63, 3.8) is 0 Å². The second-order valence-electron chi connectivity index (χ2n) is 6.45. The second kappa shape index (κ2) is 8.51. The highest BCUT2D eigenvalue weighted by molar-refractivity contribution is 7.89. The summed E-state index contributed by atoms with van der Waals surface area (Å²) in [6.45, 7) is 1.60. The molecule has 0 saturated carbocycles. The molecule has 0 radical (unpaired) electrons. The summed E-state index contributed by atoms with van der Waals surface area (Å²) in [6, 6.07) is 14.8. The molecule has 8 nitrogen and oxygen atoms in total.